The zero-order valence-electron chi connectivity index (χ0n) is 9.94. The summed E-state index contributed by atoms with van der Waals surface area (Å²) in [5.41, 5.74) is 0. The lowest BCUT2D eigenvalue weighted by Gasteiger charge is -2.18. The fourth-order valence-electron chi connectivity index (χ4n) is 0.787. The highest BCUT2D eigenvalue weighted by Gasteiger charge is 2.24. The number of aliphatic hydroxyl groups excluding tert-OH is 1. The van der Waals surface area contributed by atoms with Gasteiger partial charge in [-0.2, -0.15) is 0 Å². The molecule has 0 aliphatic heterocycles. The largest absolute Gasteiger partial charge is 0.480 e. The van der Waals surface area contributed by atoms with Gasteiger partial charge in [-0.25, -0.2) is 4.79 Å². The van der Waals surface area contributed by atoms with E-state index >= 15 is 0 Å². The summed E-state index contributed by atoms with van der Waals surface area (Å²) >= 11 is 0. The van der Waals surface area contributed by atoms with Crippen molar-refractivity contribution >= 4 is 11.9 Å². The predicted octanol–water partition coefficient (Wildman–Crippen LogP) is 0.619. The highest BCUT2D eigenvalue weighted by Crippen LogP contribution is 2.01. The molecule has 0 aromatic heterocycles. The molecule has 1 amide bonds. The molecule has 0 rings (SSSR count). The van der Waals surface area contributed by atoms with Gasteiger partial charge in [0.1, 0.15) is 12.1 Å². The Morgan fingerprint density at radius 2 is 1.53 bits per heavy atom. The summed E-state index contributed by atoms with van der Waals surface area (Å²) < 4.78 is 0. The number of carboxylic acid groups (broad SMARTS) is 1. The van der Waals surface area contributed by atoms with Gasteiger partial charge in [-0.15, -0.1) is 0 Å². The van der Waals surface area contributed by atoms with Crippen LogP contribution in [0.15, 0.2) is 0 Å². The molecule has 0 aliphatic rings. The van der Waals surface area contributed by atoms with Crippen LogP contribution in [0.5, 0.6) is 0 Å². The summed E-state index contributed by atoms with van der Waals surface area (Å²) in [5.74, 6) is -1.97. The van der Waals surface area contributed by atoms with Crippen molar-refractivity contribution < 1.29 is 19.8 Å². The molecule has 0 radical (unpaired) electrons. The van der Waals surface area contributed by atoms with Crippen LogP contribution < -0.4 is 5.32 Å². The highest BCUT2D eigenvalue weighted by atomic mass is 16.4. The van der Waals surface area contributed by atoms with Crippen LogP contribution in [0.3, 0.4) is 0 Å². The van der Waals surface area contributed by atoms with E-state index in [4.69, 9.17) is 10.2 Å². The Labute approximate surface area is 90.5 Å². The second kappa shape index (κ2) is 8.23. The third-order valence-electron chi connectivity index (χ3n) is 1.61. The molecule has 0 heterocycles. The average molecular weight is 219 g/mol. The van der Waals surface area contributed by atoms with E-state index in [-0.39, 0.29) is 5.92 Å². The highest BCUT2D eigenvalue weighted by molar-refractivity contribution is 5.85. The second-order valence-corrected chi connectivity index (χ2v) is 3.24. The van der Waals surface area contributed by atoms with Crippen molar-refractivity contribution in [1.82, 2.24) is 5.32 Å². The standard InChI is InChI=1S/C8H15NO4.C2H6/c1-4(2)6(8(12)13)9-7(11)5(3)10;1-2/h4-6,10H,1-3H3,(H,9,11)(H,12,13);1-2H3. The van der Waals surface area contributed by atoms with Crippen LogP contribution in [0.25, 0.3) is 0 Å². The van der Waals surface area contributed by atoms with Gasteiger partial charge < -0.3 is 15.5 Å². The molecule has 15 heavy (non-hydrogen) atoms. The Morgan fingerprint density at radius 1 is 1.13 bits per heavy atom. The molecule has 0 aliphatic carbocycles. The SMILES string of the molecule is CC.CC(O)C(=O)NC(C(=O)O)C(C)C. The lowest BCUT2D eigenvalue weighted by Crippen LogP contribution is -2.47. The van der Waals surface area contributed by atoms with Crippen LogP contribution >= 0.6 is 0 Å². The van der Waals surface area contributed by atoms with Crippen molar-refractivity contribution in [2.24, 2.45) is 5.92 Å². The van der Waals surface area contributed by atoms with E-state index in [2.05, 4.69) is 5.32 Å². The molecule has 3 N–H and O–H groups in total. The number of rotatable bonds is 4. The maximum atomic E-state index is 10.9. The molecule has 0 bridgehead atoms. The number of hydrogen-bond donors (Lipinski definition) is 3. The average Bonchev–Trinajstić information content (AvgIpc) is 2.15. The van der Waals surface area contributed by atoms with Crippen molar-refractivity contribution in [2.45, 2.75) is 46.8 Å². The smallest absolute Gasteiger partial charge is 0.326 e. The van der Waals surface area contributed by atoms with E-state index in [1.807, 2.05) is 13.8 Å². The van der Waals surface area contributed by atoms with Crippen molar-refractivity contribution in [1.29, 1.82) is 0 Å². The Balaban J connectivity index is 0. The first-order valence-corrected chi connectivity index (χ1v) is 5.07. The fourth-order valence-corrected chi connectivity index (χ4v) is 0.787. The number of amides is 1. The van der Waals surface area contributed by atoms with Gasteiger partial charge in [-0.1, -0.05) is 27.7 Å². The summed E-state index contributed by atoms with van der Waals surface area (Å²) in [7, 11) is 0. The molecule has 2 unspecified atom stereocenters. The summed E-state index contributed by atoms with van der Waals surface area (Å²) in [5, 5.41) is 19.7. The van der Waals surface area contributed by atoms with Crippen LogP contribution in [0.4, 0.5) is 0 Å². The van der Waals surface area contributed by atoms with Gasteiger partial charge >= 0.3 is 5.97 Å². The zero-order chi connectivity index (χ0) is 12.6. The molecule has 0 aromatic carbocycles. The van der Waals surface area contributed by atoms with Crippen LogP contribution in [0.1, 0.15) is 34.6 Å². The van der Waals surface area contributed by atoms with Crippen LogP contribution in [0.2, 0.25) is 0 Å². The van der Waals surface area contributed by atoms with E-state index in [9.17, 15) is 9.59 Å². The maximum absolute atomic E-state index is 10.9. The van der Waals surface area contributed by atoms with Crippen molar-refractivity contribution in [3.8, 4) is 0 Å². The minimum atomic E-state index is -1.18. The molecular formula is C10H21NO4. The molecule has 90 valence electrons. The second-order valence-electron chi connectivity index (χ2n) is 3.24. The third kappa shape index (κ3) is 6.90. The minimum absolute atomic E-state index is 0.208. The molecule has 2 atom stereocenters. The molecule has 0 spiro atoms. The van der Waals surface area contributed by atoms with Gasteiger partial charge in [0.25, 0.3) is 0 Å². The summed E-state index contributed by atoms with van der Waals surface area (Å²) in [6.45, 7) is 8.65. The van der Waals surface area contributed by atoms with E-state index < -0.39 is 24.0 Å². The maximum Gasteiger partial charge on any atom is 0.326 e. The molecule has 5 nitrogen and oxygen atoms in total. The summed E-state index contributed by atoms with van der Waals surface area (Å²) in [6.07, 6.45) is -1.18. The normalized spacial score (nSPS) is 13.5. The lowest BCUT2D eigenvalue weighted by atomic mass is 10.0. The number of carboxylic acids is 1. The lowest BCUT2D eigenvalue weighted by molar-refractivity contribution is -0.144. The number of hydrogen-bond acceptors (Lipinski definition) is 3. The van der Waals surface area contributed by atoms with Crippen LogP contribution in [0, 0.1) is 5.92 Å². The number of aliphatic carboxylic acids is 1. The van der Waals surface area contributed by atoms with E-state index in [0.29, 0.717) is 0 Å². The predicted molar refractivity (Wildman–Crippen MR) is 57.4 cm³/mol. The summed E-state index contributed by atoms with van der Waals surface area (Å²) in [4.78, 5) is 21.5. The van der Waals surface area contributed by atoms with Crippen LogP contribution in [-0.4, -0.2) is 34.2 Å². The molecule has 0 aromatic rings. The van der Waals surface area contributed by atoms with Crippen molar-refractivity contribution in [3.63, 3.8) is 0 Å². The van der Waals surface area contributed by atoms with Gasteiger partial charge in [0, 0.05) is 0 Å². The van der Waals surface area contributed by atoms with Gasteiger partial charge in [0.15, 0.2) is 0 Å². The summed E-state index contributed by atoms with van der Waals surface area (Å²) in [6, 6.07) is -0.943. The molecule has 5 heteroatoms. The first kappa shape index (κ1) is 16.3. The first-order chi connectivity index (χ1) is 6.86. The number of carbonyl (C=O) groups is 2. The van der Waals surface area contributed by atoms with Crippen LogP contribution in [-0.2, 0) is 9.59 Å². The number of aliphatic hydroxyl groups is 1. The fraction of sp³-hybridized carbons (Fsp3) is 0.800. The Bertz CT molecular complexity index is 202. The van der Waals surface area contributed by atoms with Crippen molar-refractivity contribution in [2.75, 3.05) is 0 Å². The minimum Gasteiger partial charge on any atom is -0.480 e. The molecular weight excluding hydrogens is 198 g/mol. The Morgan fingerprint density at radius 3 is 1.73 bits per heavy atom. The quantitative estimate of drug-likeness (QED) is 0.647. The molecule has 0 saturated carbocycles. The zero-order valence-corrected chi connectivity index (χ0v) is 9.94. The first-order valence-electron chi connectivity index (χ1n) is 5.07. The Hall–Kier alpha value is -1.10. The van der Waals surface area contributed by atoms with Gasteiger partial charge in [0.05, 0.1) is 0 Å². The van der Waals surface area contributed by atoms with E-state index in [1.54, 1.807) is 13.8 Å². The van der Waals surface area contributed by atoms with Gasteiger partial charge in [0.2, 0.25) is 5.91 Å². The monoisotopic (exact) mass is 219 g/mol. The van der Waals surface area contributed by atoms with Crippen molar-refractivity contribution in [3.05, 3.63) is 0 Å². The van der Waals surface area contributed by atoms with Gasteiger partial charge in [-0.3, -0.25) is 4.79 Å². The third-order valence-corrected chi connectivity index (χ3v) is 1.61. The molecule has 0 saturated heterocycles. The van der Waals surface area contributed by atoms with E-state index in [0.717, 1.165) is 0 Å². The number of carbonyl (C=O) groups excluding carboxylic acids is 1. The number of nitrogens with one attached hydrogen (secondary N) is 1. The molecule has 0 fully saturated rings. The Kier molecular flexibility index (Phi) is 8.96. The van der Waals surface area contributed by atoms with E-state index in [1.165, 1.54) is 6.92 Å². The topological polar surface area (TPSA) is 86.6 Å². The van der Waals surface area contributed by atoms with Gasteiger partial charge in [-0.05, 0) is 12.8 Å².